The van der Waals surface area contributed by atoms with Crippen LogP contribution in [-0.2, 0) is 6.54 Å². The Hall–Kier alpha value is -2.42. The molecule has 9 heteroatoms. The highest BCUT2D eigenvalue weighted by molar-refractivity contribution is 5.93. The van der Waals surface area contributed by atoms with E-state index in [2.05, 4.69) is 25.5 Å². The van der Waals surface area contributed by atoms with Crippen LogP contribution in [0.2, 0.25) is 0 Å². The van der Waals surface area contributed by atoms with Gasteiger partial charge in [0.05, 0.1) is 24.5 Å². The largest absolute Gasteiger partial charge is 0.338 e. The number of hydrogen-bond donors (Lipinski definition) is 1. The topological polar surface area (TPSA) is 92.3 Å². The summed E-state index contributed by atoms with van der Waals surface area (Å²) in [5.41, 5.74) is 0.849. The van der Waals surface area contributed by atoms with Gasteiger partial charge in [0.25, 0.3) is 0 Å². The first-order valence-electron chi connectivity index (χ1n) is 8.24. The number of hydrogen-bond acceptors (Lipinski definition) is 6. The highest BCUT2D eigenvalue weighted by Gasteiger charge is 2.31. The Balaban J connectivity index is 1.32. The van der Waals surface area contributed by atoms with Crippen LogP contribution in [0.4, 0.5) is 10.5 Å². The zero-order valence-corrected chi connectivity index (χ0v) is 13.8. The molecule has 2 aliphatic heterocycles. The van der Waals surface area contributed by atoms with Crippen LogP contribution >= 0.6 is 0 Å². The molecule has 0 aliphatic carbocycles. The molecule has 24 heavy (non-hydrogen) atoms. The van der Waals surface area contributed by atoms with Crippen molar-refractivity contribution >= 4 is 11.7 Å². The lowest BCUT2D eigenvalue weighted by atomic mass is 10.1. The first-order chi connectivity index (χ1) is 11.6. The van der Waals surface area contributed by atoms with Crippen LogP contribution in [0.3, 0.4) is 0 Å². The SMILES string of the molecule is CC(C)c1noc(CN2CC(n3cc(N4CCNC4=O)cn3)C2)n1. The van der Waals surface area contributed by atoms with Crippen LogP contribution < -0.4 is 10.2 Å². The number of anilines is 1. The predicted octanol–water partition coefficient (Wildman–Crippen LogP) is 0.976. The molecule has 2 amide bonds. The normalized spacial score (nSPS) is 19.1. The quantitative estimate of drug-likeness (QED) is 0.878. The summed E-state index contributed by atoms with van der Waals surface area (Å²) < 4.78 is 7.22. The van der Waals surface area contributed by atoms with E-state index < -0.39 is 0 Å². The summed E-state index contributed by atoms with van der Waals surface area (Å²) in [6.45, 7) is 7.90. The van der Waals surface area contributed by atoms with Crippen molar-refractivity contribution < 1.29 is 9.32 Å². The van der Waals surface area contributed by atoms with Crippen molar-refractivity contribution in [2.24, 2.45) is 0 Å². The Morgan fingerprint density at radius 2 is 2.25 bits per heavy atom. The second-order valence-corrected chi connectivity index (χ2v) is 6.61. The van der Waals surface area contributed by atoms with Gasteiger partial charge >= 0.3 is 6.03 Å². The van der Waals surface area contributed by atoms with Crippen LogP contribution in [0.5, 0.6) is 0 Å². The summed E-state index contributed by atoms with van der Waals surface area (Å²) in [6.07, 6.45) is 3.69. The molecule has 0 saturated carbocycles. The number of carbonyl (C=O) groups excluding carboxylic acids is 1. The summed E-state index contributed by atoms with van der Waals surface area (Å²) in [4.78, 5) is 20.0. The van der Waals surface area contributed by atoms with Crippen LogP contribution in [0, 0.1) is 0 Å². The molecular formula is C15H21N7O2. The van der Waals surface area contributed by atoms with Crippen molar-refractivity contribution in [2.45, 2.75) is 32.4 Å². The minimum Gasteiger partial charge on any atom is -0.338 e. The van der Waals surface area contributed by atoms with Crippen molar-refractivity contribution in [3.63, 3.8) is 0 Å². The lowest BCUT2D eigenvalue weighted by Gasteiger charge is -2.38. The number of aromatic nitrogens is 4. The molecule has 2 aromatic rings. The van der Waals surface area contributed by atoms with Crippen molar-refractivity contribution in [1.29, 1.82) is 0 Å². The zero-order chi connectivity index (χ0) is 16.7. The van der Waals surface area contributed by atoms with E-state index in [1.807, 2.05) is 24.7 Å². The van der Waals surface area contributed by atoms with Crippen LogP contribution in [0.1, 0.15) is 37.5 Å². The number of rotatable bonds is 5. The van der Waals surface area contributed by atoms with Gasteiger partial charge in [0.1, 0.15) is 0 Å². The van der Waals surface area contributed by atoms with Crippen LogP contribution in [0.15, 0.2) is 16.9 Å². The first kappa shape index (κ1) is 15.1. The fourth-order valence-corrected chi connectivity index (χ4v) is 2.98. The molecular weight excluding hydrogens is 310 g/mol. The maximum Gasteiger partial charge on any atom is 0.322 e. The van der Waals surface area contributed by atoms with Gasteiger partial charge < -0.3 is 9.84 Å². The second kappa shape index (κ2) is 5.90. The molecule has 128 valence electrons. The van der Waals surface area contributed by atoms with E-state index in [4.69, 9.17) is 4.52 Å². The molecule has 2 aliphatic rings. The molecule has 0 aromatic carbocycles. The Kier molecular flexibility index (Phi) is 3.72. The number of urea groups is 1. The van der Waals surface area contributed by atoms with Gasteiger partial charge in [0.15, 0.2) is 5.82 Å². The minimum atomic E-state index is -0.0536. The second-order valence-electron chi connectivity index (χ2n) is 6.61. The molecule has 0 atom stereocenters. The Morgan fingerprint density at radius 1 is 1.42 bits per heavy atom. The van der Waals surface area contributed by atoms with E-state index in [-0.39, 0.29) is 11.9 Å². The third kappa shape index (κ3) is 2.75. The number of nitrogens with one attached hydrogen (secondary N) is 1. The summed E-state index contributed by atoms with van der Waals surface area (Å²) >= 11 is 0. The average Bonchev–Trinajstić information content (AvgIpc) is 3.22. The Morgan fingerprint density at radius 3 is 2.92 bits per heavy atom. The molecule has 2 aromatic heterocycles. The zero-order valence-electron chi connectivity index (χ0n) is 13.8. The van der Waals surface area contributed by atoms with E-state index in [9.17, 15) is 4.79 Å². The third-order valence-corrected chi connectivity index (χ3v) is 4.43. The molecule has 0 spiro atoms. The van der Waals surface area contributed by atoms with Gasteiger partial charge in [-0.25, -0.2) is 4.79 Å². The van der Waals surface area contributed by atoms with Crippen molar-refractivity contribution in [3.05, 3.63) is 24.1 Å². The molecule has 2 saturated heterocycles. The van der Waals surface area contributed by atoms with E-state index >= 15 is 0 Å². The molecule has 0 radical (unpaired) electrons. The number of carbonyl (C=O) groups is 1. The number of likely N-dealkylation sites (tertiary alicyclic amines) is 1. The first-order valence-corrected chi connectivity index (χ1v) is 8.24. The molecule has 4 heterocycles. The fraction of sp³-hybridized carbons (Fsp3) is 0.600. The summed E-state index contributed by atoms with van der Waals surface area (Å²) in [7, 11) is 0. The Labute approximate surface area is 139 Å². The smallest absolute Gasteiger partial charge is 0.322 e. The van der Waals surface area contributed by atoms with Crippen molar-refractivity contribution in [1.82, 2.24) is 30.1 Å². The van der Waals surface area contributed by atoms with Gasteiger partial charge in [0, 0.05) is 38.3 Å². The lowest BCUT2D eigenvalue weighted by molar-refractivity contribution is 0.0791. The monoisotopic (exact) mass is 331 g/mol. The highest BCUT2D eigenvalue weighted by Crippen LogP contribution is 2.25. The Bertz CT molecular complexity index is 732. The number of nitrogens with zero attached hydrogens (tertiary/aromatic N) is 6. The van der Waals surface area contributed by atoms with Gasteiger partial charge in [-0.1, -0.05) is 19.0 Å². The third-order valence-electron chi connectivity index (χ3n) is 4.43. The minimum absolute atomic E-state index is 0.0536. The van der Waals surface area contributed by atoms with Gasteiger partial charge in [0.2, 0.25) is 5.89 Å². The molecule has 2 fully saturated rings. The molecule has 1 N–H and O–H groups in total. The van der Waals surface area contributed by atoms with Crippen molar-refractivity contribution in [3.8, 4) is 0 Å². The van der Waals surface area contributed by atoms with Gasteiger partial charge in [-0.05, 0) is 0 Å². The highest BCUT2D eigenvalue weighted by atomic mass is 16.5. The van der Waals surface area contributed by atoms with E-state index in [1.54, 1.807) is 11.1 Å². The number of amides is 2. The van der Waals surface area contributed by atoms with Gasteiger partial charge in [-0.15, -0.1) is 0 Å². The average molecular weight is 331 g/mol. The van der Waals surface area contributed by atoms with Crippen molar-refractivity contribution in [2.75, 3.05) is 31.1 Å². The summed E-state index contributed by atoms with van der Waals surface area (Å²) in [5.74, 6) is 1.69. The maximum absolute atomic E-state index is 11.7. The predicted molar refractivity (Wildman–Crippen MR) is 85.7 cm³/mol. The maximum atomic E-state index is 11.7. The standard InChI is InChI=1S/C15H21N7O2/c1-10(2)14-18-13(24-19-14)9-20-6-12(7-20)22-8-11(5-17-22)21-4-3-16-15(21)23/h5,8,10,12H,3-4,6-7,9H2,1-2H3,(H,16,23). The molecule has 0 bridgehead atoms. The molecule has 0 unspecified atom stereocenters. The molecule has 9 nitrogen and oxygen atoms in total. The van der Waals surface area contributed by atoms with E-state index in [0.717, 1.165) is 24.6 Å². The lowest BCUT2D eigenvalue weighted by Crippen LogP contribution is -2.47. The van der Waals surface area contributed by atoms with Gasteiger partial charge in [-0.3, -0.25) is 14.5 Å². The van der Waals surface area contributed by atoms with Gasteiger partial charge in [-0.2, -0.15) is 10.1 Å². The summed E-state index contributed by atoms with van der Waals surface area (Å²) in [5, 5.41) is 11.2. The molecule has 4 rings (SSSR count). The van der Waals surface area contributed by atoms with Crippen LogP contribution in [0.25, 0.3) is 0 Å². The summed E-state index contributed by atoms with van der Waals surface area (Å²) in [6, 6.07) is 0.263. The van der Waals surface area contributed by atoms with E-state index in [1.165, 1.54) is 0 Å². The van der Waals surface area contributed by atoms with Crippen LogP contribution in [-0.4, -0.2) is 57.0 Å². The fourth-order valence-electron chi connectivity index (χ4n) is 2.98. The van der Waals surface area contributed by atoms with E-state index in [0.29, 0.717) is 31.6 Å².